The molecule has 0 unspecified atom stereocenters. The molecule has 2 aromatic heterocycles. The summed E-state index contributed by atoms with van der Waals surface area (Å²) in [6.45, 7) is 1.36. The Morgan fingerprint density at radius 3 is 2.74 bits per heavy atom. The van der Waals surface area contributed by atoms with Crippen LogP contribution in [0.2, 0.25) is 0 Å². The number of rotatable bonds is 5. The van der Waals surface area contributed by atoms with Crippen LogP contribution in [0, 0.1) is 0 Å². The molecule has 6 nitrogen and oxygen atoms in total. The highest BCUT2D eigenvalue weighted by Crippen LogP contribution is 2.08. The Bertz CT molecular complexity index is 777. The Hall–Kier alpha value is -2.67. The summed E-state index contributed by atoms with van der Waals surface area (Å²) in [5, 5.41) is 15.3. The minimum atomic E-state index is 0.561. The monoisotopic (exact) mass is 326 g/mol. The Morgan fingerprint density at radius 1 is 1.17 bits per heavy atom. The van der Waals surface area contributed by atoms with E-state index >= 15 is 0 Å². The Kier molecular flexibility index (Phi) is 4.68. The fourth-order valence-corrected chi connectivity index (χ4v) is 2.40. The predicted molar refractivity (Wildman–Crippen MR) is 94.0 cm³/mol. The molecule has 0 saturated heterocycles. The van der Waals surface area contributed by atoms with E-state index in [1.165, 1.54) is 5.56 Å². The molecule has 0 atom stereocenters. The summed E-state index contributed by atoms with van der Waals surface area (Å²) in [5.74, 6) is 0. The average Bonchev–Trinajstić information content (AvgIpc) is 3.15. The Morgan fingerprint density at radius 2 is 2.00 bits per heavy atom. The molecule has 0 radical (unpaired) electrons. The van der Waals surface area contributed by atoms with Crippen molar-refractivity contribution in [1.82, 2.24) is 24.9 Å². The molecule has 2 heterocycles. The zero-order valence-electron chi connectivity index (χ0n) is 12.8. The molecule has 7 heteroatoms. The van der Waals surface area contributed by atoms with Gasteiger partial charge in [-0.3, -0.25) is 9.36 Å². The summed E-state index contributed by atoms with van der Waals surface area (Å²) < 4.78 is 3.69. The summed E-state index contributed by atoms with van der Waals surface area (Å²) in [4.78, 5) is 0. The number of aryl methyl sites for hydroxylation is 1. The number of hydrogen-bond donors (Lipinski definition) is 2. The quantitative estimate of drug-likeness (QED) is 0.704. The molecule has 3 aromatic rings. The molecule has 3 rings (SSSR count). The normalized spacial score (nSPS) is 10.5. The van der Waals surface area contributed by atoms with Gasteiger partial charge < -0.3 is 10.6 Å². The molecule has 0 aliphatic heterocycles. The standard InChI is InChI=1S/C16H18N6S/c1-21-15(7-8-18-21)10-17-16(23)20-14-9-19-22(12-14)11-13-5-3-2-4-6-13/h2-9,12H,10-11H2,1H3,(H2,17,20,23). The van der Waals surface area contributed by atoms with Gasteiger partial charge in [0.25, 0.3) is 0 Å². The molecule has 118 valence electrons. The first kappa shape index (κ1) is 15.2. The molecule has 0 aliphatic rings. The lowest BCUT2D eigenvalue weighted by Gasteiger charge is -2.09. The second kappa shape index (κ2) is 7.06. The van der Waals surface area contributed by atoms with Crippen molar-refractivity contribution < 1.29 is 0 Å². The molecule has 0 amide bonds. The lowest BCUT2D eigenvalue weighted by Crippen LogP contribution is -2.28. The van der Waals surface area contributed by atoms with Gasteiger partial charge in [0, 0.05) is 19.4 Å². The van der Waals surface area contributed by atoms with Crippen molar-refractivity contribution in [1.29, 1.82) is 0 Å². The molecule has 0 bridgehead atoms. The lowest BCUT2D eigenvalue weighted by atomic mass is 10.2. The van der Waals surface area contributed by atoms with Crippen LogP contribution < -0.4 is 10.6 Å². The lowest BCUT2D eigenvalue weighted by molar-refractivity contribution is 0.687. The van der Waals surface area contributed by atoms with Crippen LogP contribution in [0.15, 0.2) is 55.0 Å². The molecule has 0 spiro atoms. The van der Waals surface area contributed by atoms with Gasteiger partial charge in [-0.05, 0) is 23.8 Å². The van der Waals surface area contributed by atoms with Crippen LogP contribution in [0.25, 0.3) is 0 Å². The van der Waals surface area contributed by atoms with Crippen molar-refractivity contribution in [3.63, 3.8) is 0 Å². The molecule has 0 saturated carbocycles. The highest BCUT2D eigenvalue weighted by molar-refractivity contribution is 7.80. The van der Waals surface area contributed by atoms with E-state index in [0.29, 0.717) is 11.7 Å². The van der Waals surface area contributed by atoms with Crippen molar-refractivity contribution in [3.8, 4) is 0 Å². The topological polar surface area (TPSA) is 59.7 Å². The van der Waals surface area contributed by atoms with Gasteiger partial charge in [-0.15, -0.1) is 0 Å². The van der Waals surface area contributed by atoms with E-state index in [0.717, 1.165) is 17.9 Å². The maximum atomic E-state index is 5.30. The van der Waals surface area contributed by atoms with E-state index in [-0.39, 0.29) is 0 Å². The number of hydrogen-bond acceptors (Lipinski definition) is 3. The fourth-order valence-electron chi connectivity index (χ4n) is 2.21. The third kappa shape index (κ3) is 4.17. The third-order valence-corrected chi connectivity index (χ3v) is 3.68. The van der Waals surface area contributed by atoms with Crippen LogP contribution >= 0.6 is 12.2 Å². The van der Waals surface area contributed by atoms with Gasteiger partial charge in [-0.25, -0.2) is 0 Å². The SMILES string of the molecule is Cn1nccc1CNC(=S)Nc1cnn(Cc2ccccc2)c1. The van der Waals surface area contributed by atoms with E-state index in [2.05, 4.69) is 33.0 Å². The molecule has 23 heavy (non-hydrogen) atoms. The van der Waals surface area contributed by atoms with Gasteiger partial charge in [0.2, 0.25) is 0 Å². The minimum absolute atomic E-state index is 0.561. The maximum absolute atomic E-state index is 5.30. The molecule has 0 aliphatic carbocycles. The second-order valence-electron chi connectivity index (χ2n) is 5.17. The predicted octanol–water partition coefficient (Wildman–Crippen LogP) is 2.15. The largest absolute Gasteiger partial charge is 0.357 e. The van der Waals surface area contributed by atoms with Crippen LogP contribution in [-0.4, -0.2) is 24.7 Å². The zero-order chi connectivity index (χ0) is 16.1. The first-order valence-electron chi connectivity index (χ1n) is 7.29. The Labute approximate surface area is 140 Å². The van der Waals surface area contributed by atoms with Crippen molar-refractivity contribution in [2.75, 3.05) is 5.32 Å². The van der Waals surface area contributed by atoms with Crippen LogP contribution in [0.1, 0.15) is 11.3 Å². The van der Waals surface area contributed by atoms with Gasteiger partial charge in [-0.1, -0.05) is 30.3 Å². The number of nitrogens with one attached hydrogen (secondary N) is 2. The van der Waals surface area contributed by atoms with Crippen molar-refractivity contribution in [2.24, 2.45) is 7.05 Å². The minimum Gasteiger partial charge on any atom is -0.357 e. The van der Waals surface area contributed by atoms with E-state index in [1.807, 2.05) is 46.9 Å². The van der Waals surface area contributed by atoms with E-state index < -0.39 is 0 Å². The molecule has 0 fully saturated rings. The van der Waals surface area contributed by atoms with Gasteiger partial charge in [0.1, 0.15) is 0 Å². The highest BCUT2D eigenvalue weighted by atomic mass is 32.1. The second-order valence-corrected chi connectivity index (χ2v) is 5.57. The molecular formula is C16H18N6S. The molecule has 2 N–H and O–H groups in total. The smallest absolute Gasteiger partial charge is 0.171 e. The van der Waals surface area contributed by atoms with Gasteiger partial charge in [-0.2, -0.15) is 10.2 Å². The van der Waals surface area contributed by atoms with Crippen molar-refractivity contribution >= 4 is 23.0 Å². The van der Waals surface area contributed by atoms with Crippen LogP contribution in [-0.2, 0) is 20.1 Å². The van der Waals surface area contributed by atoms with E-state index in [1.54, 1.807) is 12.4 Å². The van der Waals surface area contributed by atoms with Gasteiger partial charge in [0.05, 0.1) is 30.7 Å². The van der Waals surface area contributed by atoms with E-state index in [9.17, 15) is 0 Å². The number of anilines is 1. The van der Waals surface area contributed by atoms with Crippen LogP contribution in [0.3, 0.4) is 0 Å². The van der Waals surface area contributed by atoms with Crippen LogP contribution in [0.5, 0.6) is 0 Å². The first-order chi connectivity index (χ1) is 11.2. The van der Waals surface area contributed by atoms with Crippen LogP contribution in [0.4, 0.5) is 5.69 Å². The van der Waals surface area contributed by atoms with Crippen molar-refractivity contribution in [3.05, 3.63) is 66.2 Å². The number of nitrogens with zero attached hydrogens (tertiary/aromatic N) is 4. The highest BCUT2D eigenvalue weighted by Gasteiger charge is 2.03. The first-order valence-corrected chi connectivity index (χ1v) is 7.69. The zero-order valence-corrected chi connectivity index (χ0v) is 13.6. The van der Waals surface area contributed by atoms with Gasteiger partial charge >= 0.3 is 0 Å². The third-order valence-electron chi connectivity index (χ3n) is 3.43. The maximum Gasteiger partial charge on any atom is 0.171 e. The number of thiocarbonyl (C=S) groups is 1. The Balaban J connectivity index is 1.52. The number of benzene rings is 1. The van der Waals surface area contributed by atoms with Crippen molar-refractivity contribution in [2.45, 2.75) is 13.1 Å². The molecule has 1 aromatic carbocycles. The summed E-state index contributed by atoms with van der Waals surface area (Å²) in [5.41, 5.74) is 3.14. The van der Waals surface area contributed by atoms with Gasteiger partial charge in [0.15, 0.2) is 5.11 Å². The summed E-state index contributed by atoms with van der Waals surface area (Å²) in [6, 6.07) is 12.2. The average molecular weight is 326 g/mol. The summed E-state index contributed by atoms with van der Waals surface area (Å²) in [7, 11) is 1.90. The number of aromatic nitrogens is 4. The molecular weight excluding hydrogens is 308 g/mol. The van der Waals surface area contributed by atoms with E-state index in [4.69, 9.17) is 12.2 Å². The fraction of sp³-hybridized carbons (Fsp3) is 0.188. The summed E-state index contributed by atoms with van der Waals surface area (Å²) >= 11 is 5.30. The summed E-state index contributed by atoms with van der Waals surface area (Å²) in [6.07, 6.45) is 5.47.